The molecule has 2 heterocycles. The highest BCUT2D eigenvalue weighted by atomic mass is 19.4. The molecule has 232 valence electrons. The maximum Gasteiger partial charge on any atom is 0.434 e. The number of para-hydroxylation sites is 1. The second-order valence-corrected chi connectivity index (χ2v) is 9.84. The number of halogens is 6. The van der Waals surface area contributed by atoms with Gasteiger partial charge in [-0.25, -0.2) is 14.5 Å². The van der Waals surface area contributed by atoms with Crippen molar-refractivity contribution in [2.24, 2.45) is 0 Å². The molecule has 7 nitrogen and oxygen atoms in total. The van der Waals surface area contributed by atoms with Gasteiger partial charge in [0.25, 0.3) is 0 Å². The molecule has 0 amide bonds. The fourth-order valence-electron chi connectivity index (χ4n) is 4.75. The van der Waals surface area contributed by atoms with E-state index in [9.17, 15) is 36.2 Å². The lowest BCUT2D eigenvalue weighted by Gasteiger charge is -2.16. The average molecular weight is 628 g/mol. The van der Waals surface area contributed by atoms with Gasteiger partial charge < -0.3 is 14.6 Å². The normalized spacial score (nSPS) is 11.8. The molecule has 1 N–H and O–H groups in total. The summed E-state index contributed by atoms with van der Waals surface area (Å²) < 4.78 is 93.2. The molecule has 0 fully saturated rings. The number of alkyl halides is 6. The first kappa shape index (κ1) is 31.1. The molecule has 0 atom stereocenters. The Bertz CT molecular complexity index is 1880. The molecule has 0 radical (unpaired) electrons. The van der Waals surface area contributed by atoms with Gasteiger partial charge in [-0.2, -0.15) is 31.4 Å². The first-order chi connectivity index (χ1) is 21.3. The number of nitrogens with zero attached hydrogens (tertiary/aromatic N) is 3. The van der Waals surface area contributed by atoms with Crippen molar-refractivity contribution in [3.05, 3.63) is 113 Å². The Kier molecular flexibility index (Phi) is 8.28. The Balaban J connectivity index is 1.41. The Hall–Kier alpha value is -5.33. The predicted octanol–water partition coefficient (Wildman–Crippen LogP) is 8.23. The van der Waals surface area contributed by atoms with Crippen LogP contribution in [0.2, 0.25) is 0 Å². The Morgan fingerprint density at radius 1 is 0.867 bits per heavy atom. The fourth-order valence-corrected chi connectivity index (χ4v) is 4.75. The summed E-state index contributed by atoms with van der Waals surface area (Å²) in [6, 6.07) is 20.0. The van der Waals surface area contributed by atoms with E-state index in [0.29, 0.717) is 33.3 Å². The maximum atomic E-state index is 13.8. The summed E-state index contributed by atoms with van der Waals surface area (Å²) in [4.78, 5) is 15.7. The van der Waals surface area contributed by atoms with Gasteiger partial charge in [0, 0.05) is 5.56 Å². The molecule has 2 aromatic heterocycles. The minimum absolute atomic E-state index is 0.0680. The molecule has 13 heteroatoms. The second-order valence-electron chi connectivity index (χ2n) is 9.84. The lowest BCUT2D eigenvalue weighted by molar-refractivity contribution is -0.143. The summed E-state index contributed by atoms with van der Waals surface area (Å²) in [6.45, 7) is 1.86. The van der Waals surface area contributed by atoms with Crippen LogP contribution in [-0.2, 0) is 19.0 Å². The summed E-state index contributed by atoms with van der Waals surface area (Å²) in [5.41, 5.74) is -0.243. The van der Waals surface area contributed by atoms with Crippen molar-refractivity contribution in [1.29, 1.82) is 0 Å². The summed E-state index contributed by atoms with van der Waals surface area (Å²) in [5.74, 6) is -1.94. The number of aromatic carboxylic acids is 1. The molecule has 3 aromatic carbocycles. The molecule has 0 saturated heterocycles. The van der Waals surface area contributed by atoms with Crippen LogP contribution < -0.4 is 9.47 Å². The van der Waals surface area contributed by atoms with Gasteiger partial charge in [0.2, 0.25) is 0 Å². The predicted molar refractivity (Wildman–Crippen MR) is 151 cm³/mol. The van der Waals surface area contributed by atoms with E-state index >= 15 is 0 Å². The van der Waals surface area contributed by atoms with E-state index in [0.717, 1.165) is 17.2 Å². The number of methoxy groups -OCH3 is 1. The van der Waals surface area contributed by atoms with E-state index in [1.165, 1.54) is 25.3 Å². The van der Waals surface area contributed by atoms with Crippen LogP contribution in [-0.4, -0.2) is 33.0 Å². The SMILES string of the molecule is COc1ccc(-c2ccc(COc3ccccc3-c3cccc(-n4ncc(C(=O)O)c4C(F)(F)F)n3)c(C)c2)cc1C(F)(F)F. The topological polar surface area (TPSA) is 86.5 Å². The summed E-state index contributed by atoms with van der Waals surface area (Å²) >= 11 is 0. The number of ether oxygens (including phenoxy) is 2. The van der Waals surface area contributed by atoms with E-state index in [2.05, 4.69) is 10.1 Å². The number of hydrogen-bond acceptors (Lipinski definition) is 5. The van der Waals surface area contributed by atoms with Crippen LogP contribution in [0.3, 0.4) is 0 Å². The number of carboxylic acids is 1. The van der Waals surface area contributed by atoms with Crippen LogP contribution >= 0.6 is 0 Å². The van der Waals surface area contributed by atoms with Crippen molar-refractivity contribution in [3.8, 4) is 39.7 Å². The maximum absolute atomic E-state index is 13.8. The van der Waals surface area contributed by atoms with Crippen molar-refractivity contribution in [1.82, 2.24) is 14.8 Å². The fraction of sp³-hybridized carbons (Fsp3) is 0.156. The van der Waals surface area contributed by atoms with Gasteiger partial charge in [-0.1, -0.05) is 42.5 Å². The molecular weight excluding hydrogens is 604 g/mol. The van der Waals surface area contributed by atoms with Crippen molar-refractivity contribution in [3.63, 3.8) is 0 Å². The molecule has 0 aliphatic heterocycles. The number of rotatable bonds is 8. The van der Waals surface area contributed by atoms with Gasteiger partial charge in [0.05, 0.1) is 24.6 Å². The van der Waals surface area contributed by atoms with Crippen LogP contribution in [0, 0.1) is 6.92 Å². The molecule has 0 aliphatic rings. The minimum Gasteiger partial charge on any atom is -0.496 e. The number of aromatic nitrogens is 3. The molecule has 0 aliphatic carbocycles. The molecular formula is C32H23F6N3O4. The first-order valence-corrected chi connectivity index (χ1v) is 13.2. The number of carboxylic acid groups (broad SMARTS) is 1. The number of carbonyl (C=O) groups is 1. The van der Waals surface area contributed by atoms with Crippen LogP contribution in [0.1, 0.15) is 32.7 Å². The molecule has 0 unspecified atom stereocenters. The highest BCUT2D eigenvalue weighted by molar-refractivity contribution is 5.89. The third-order valence-electron chi connectivity index (χ3n) is 6.95. The van der Waals surface area contributed by atoms with E-state index in [4.69, 9.17) is 9.47 Å². The monoisotopic (exact) mass is 627 g/mol. The van der Waals surface area contributed by atoms with Crippen LogP contribution in [0.5, 0.6) is 11.5 Å². The van der Waals surface area contributed by atoms with E-state index in [-0.39, 0.29) is 23.9 Å². The van der Waals surface area contributed by atoms with Gasteiger partial charge in [0.15, 0.2) is 11.5 Å². The lowest BCUT2D eigenvalue weighted by Crippen LogP contribution is -2.18. The number of benzene rings is 3. The molecule has 0 saturated carbocycles. The van der Waals surface area contributed by atoms with Crippen molar-refractivity contribution >= 4 is 5.97 Å². The lowest BCUT2D eigenvalue weighted by atomic mass is 9.98. The molecule has 0 spiro atoms. The Labute approximate surface area is 252 Å². The van der Waals surface area contributed by atoms with Gasteiger partial charge in [-0.3, -0.25) is 0 Å². The van der Waals surface area contributed by atoms with Crippen LogP contribution in [0.25, 0.3) is 28.2 Å². The van der Waals surface area contributed by atoms with Gasteiger partial charge >= 0.3 is 18.3 Å². The molecule has 0 bridgehead atoms. The Morgan fingerprint density at radius 3 is 2.24 bits per heavy atom. The van der Waals surface area contributed by atoms with Gasteiger partial charge in [0.1, 0.15) is 23.7 Å². The van der Waals surface area contributed by atoms with Crippen molar-refractivity contribution < 1.29 is 45.7 Å². The number of aryl methyl sites for hydroxylation is 1. The zero-order chi connectivity index (χ0) is 32.5. The van der Waals surface area contributed by atoms with Crippen molar-refractivity contribution in [2.75, 3.05) is 7.11 Å². The Morgan fingerprint density at radius 2 is 1.58 bits per heavy atom. The second kappa shape index (κ2) is 12.0. The third kappa shape index (κ3) is 6.47. The molecule has 5 rings (SSSR count). The smallest absolute Gasteiger partial charge is 0.434 e. The zero-order valence-electron chi connectivity index (χ0n) is 23.6. The van der Waals surface area contributed by atoms with E-state index in [1.807, 2.05) is 0 Å². The van der Waals surface area contributed by atoms with Crippen LogP contribution in [0.15, 0.2) is 85.1 Å². The largest absolute Gasteiger partial charge is 0.496 e. The summed E-state index contributed by atoms with van der Waals surface area (Å²) in [5, 5.41) is 12.9. The molecule has 5 aromatic rings. The summed E-state index contributed by atoms with van der Waals surface area (Å²) in [7, 11) is 1.17. The van der Waals surface area contributed by atoms with Gasteiger partial charge in [-0.05, 0) is 65.6 Å². The third-order valence-corrected chi connectivity index (χ3v) is 6.95. The average Bonchev–Trinajstić information content (AvgIpc) is 3.47. The van der Waals surface area contributed by atoms with E-state index < -0.39 is 35.1 Å². The molecule has 45 heavy (non-hydrogen) atoms. The number of pyridine rings is 1. The highest BCUT2D eigenvalue weighted by Crippen LogP contribution is 2.39. The van der Waals surface area contributed by atoms with Crippen molar-refractivity contribution in [2.45, 2.75) is 25.9 Å². The quantitative estimate of drug-likeness (QED) is 0.175. The number of hydrogen-bond donors (Lipinski definition) is 1. The minimum atomic E-state index is -5.01. The summed E-state index contributed by atoms with van der Waals surface area (Å²) in [6.07, 6.45) is -8.98. The standard InChI is InChI=1S/C32H23F6N3O4/c1-18-14-19(20-12-13-27(44-2)24(15-20)31(33,34)35)10-11-21(18)17-45-26-8-4-3-6-22(26)25-7-5-9-28(40-25)41-29(32(36,37)38)23(16-39-41)30(42)43/h3-16H,17H2,1-2H3,(H,42,43). The highest BCUT2D eigenvalue weighted by Gasteiger charge is 2.41. The van der Waals surface area contributed by atoms with E-state index in [1.54, 1.807) is 61.5 Å². The zero-order valence-corrected chi connectivity index (χ0v) is 23.6. The van der Waals surface area contributed by atoms with Gasteiger partial charge in [-0.15, -0.1) is 0 Å². The first-order valence-electron chi connectivity index (χ1n) is 13.2. The van der Waals surface area contributed by atoms with Crippen LogP contribution in [0.4, 0.5) is 26.3 Å².